The summed E-state index contributed by atoms with van der Waals surface area (Å²) < 4.78 is 0. The molecule has 0 bridgehead atoms. The molecule has 1 fully saturated rings. The second-order valence-electron chi connectivity index (χ2n) is 13.4. The van der Waals surface area contributed by atoms with E-state index in [-0.39, 0.29) is 36.9 Å². The lowest BCUT2D eigenvalue weighted by Crippen LogP contribution is -2.60. The fourth-order valence-corrected chi connectivity index (χ4v) is 5.91. The number of rotatable bonds is 23. The average molecular weight is 730 g/mol. The molecule has 1 aliphatic rings. The highest BCUT2D eigenvalue weighted by Gasteiger charge is 2.35. The van der Waals surface area contributed by atoms with Crippen LogP contribution in [0.1, 0.15) is 105 Å². The van der Waals surface area contributed by atoms with Crippen molar-refractivity contribution in [3.8, 4) is 0 Å². The first-order chi connectivity index (χ1) is 23.5. The van der Waals surface area contributed by atoms with Crippen LogP contribution in [0.25, 0.3) is 0 Å². The molecule has 0 radical (unpaired) electrons. The van der Waals surface area contributed by atoms with Crippen LogP contribution in [0.15, 0.2) is 0 Å². The third kappa shape index (κ3) is 16.7. The zero-order chi connectivity index (χ0) is 38.0. The monoisotopic (exact) mass is 729 g/mol. The molecule has 0 unspecified atom stereocenters. The molecule has 8 N–H and O–H groups in total. The second-order valence-corrected chi connectivity index (χ2v) is 13.8. The Hall–Kier alpha value is -3.89. The highest BCUT2D eigenvalue weighted by molar-refractivity contribution is 7.80. The van der Waals surface area contributed by atoms with Crippen molar-refractivity contribution in [3.63, 3.8) is 0 Å². The van der Waals surface area contributed by atoms with Gasteiger partial charge in [0.25, 0.3) is 0 Å². The summed E-state index contributed by atoms with van der Waals surface area (Å²) in [4.78, 5) is 100. The number of carboxylic acids is 3. The number of nitrogens with one attached hydrogen (secondary N) is 5. The minimum atomic E-state index is -1.38. The first kappa shape index (κ1) is 44.1. The van der Waals surface area contributed by atoms with Gasteiger partial charge >= 0.3 is 17.9 Å². The van der Waals surface area contributed by atoms with Crippen LogP contribution in [-0.4, -0.2) is 98.7 Å². The zero-order valence-corrected chi connectivity index (χ0v) is 30.3. The zero-order valence-electron chi connectivity index (χ0n) is 29.4. The molecule has 0 heterocycles. The van der Waals surface area contributed by atoms with Gasteiger partial charge in [0.1, 0.15) is 30.2 Å². The third-order valence-corrected chi connectivity index (χ3v) is 9.09. The standard InChI is InChI=1S/C33H55N5O11S/c1-5-19(4)28(32(47)36-23(16-20-9-7-6-8-10-20)30(45)37-24(17-50)33(48)49)38-31(46)22(15-18(2)3)35-29(44)21(11-13-26(40)41)34-25(39)12-14-27(42)43/h18-24,28,50H,5-17H2,1-4H3,(H,34,39)(H,35,44)(H,36,47)(H,37,45)(H,38,46)(H,40,41)(H,42,43)(H,48,49)/t19-,21+,22-,23-,24-,28-/m0/s1. The van der Waals surface area contributed by atoms with Gasteiger partial charge in [-0.15, -0.1) is 0 Å². The topological polar surface area (TPSA) is 257 Å². The van der Waals surface area contributed by atoms with Crippen molar-refractivity contribution in [1.82, 2.24) is 26.6 Å². The quantitative estimate of drug-likeness (QED) is 0.0676. The summed E-state index contributed by atoms with van der Waals surface area (Å²) in [5.74, 6) is -8.07. The smallest absolute Gasteiger partial charge is 0.327 e. The van der Waals surface area contributed by atoms with Crippen LogP contribution in [0.2, 0.25) is 0 Å². The van der Waals surface area contributed by atoms with Gasteiger partial charge in [0.15, 0.2) is 0 Å². The summed E-state index contributed by atoms with van der Waals surface area (Å²) >= 11 is 4.01. The van der Waals surface area contributed by atoms with Gasteiger partial charge in [-0.3, -0.25) is 33.6 Å². The Bertz CT molecular complexity index is 1190. The average Bonchev–Trinajstić information content (AvgIpc) is 3.05. The molecule has 0 aromatic carbocycles. The molecule has 17 heteroatoms. The maximum Gasteiger partial charge on any atom is 0.327 e. The molecule has 50 heavy (non-hydrogen) atoms. The summed E-state index contributed by atoms with van der Waals surface area (Å²) in [7, 11) is 0. The molecule has 1 rings (SSSR count). The lowest BCUT2D eigenvalue weighted by atomic mass is 9.84. The maximum absolute atomic E-state index is 13.8. The van der Waals surface area contributed by atoms with Crippen molar-refractivity contribution in [2.75, 3.05) is 5.75 Å². The van der Waals surface area contributed by atoms with Gasteiger partial charge < -0.3 is 41.9 Å². The van der Waals surface area contributed by atoms with Crippen LogP contribution in [0.5, 0.6) is 0 Å². The lowest BCUT2D eigenvalue weighted by molar-refractivity contribution is -0.142. The van der Waals surface area contributed by atoms with Crippen LogP contribution < -0.4 is 26.6 Å². The van der Waals surface area contributed by atoms with Gasteiger partial charge in [-0.05, 0) is 37.0 Å². The van der Waals surface area contributed by atoms with E-state index in [0.29, 0.717) is 6.42 Å². The van der Waals surface area contributed by atoms with Crippen molar-refractivity contribution >= 4 is 60.1 Å². The van der Waals surface area contributed by atoms with Gasteiger partial charge in [-0.25, -0.2) is 4.79 Å². The van der Waals surface area contributed by atoms with E-state index in [1.807, 2.05) is 0 Å². The summed E-state index contributed by atoms with van der Waals surface area (Å²) in [6.07, 6.45) is 3.77. The Labute approximate surface area is 298 Å². The Balaban J connectivity index is 3.25. The number of aliphatic carboxylic acids is 3. The van der Waals surface area contributed by atoms with Crippen LogP contribution in [0.3, 0.4) is 0 Å². The predicted octanol–water partition coefficient (Wildman–Crippen LogP) is 1.22. The van der Waals surface area contributed by atoms with Gasteiger partial charge in [-0.1, -0.05) is 66.2 Å². The molecular formula is C33H55N5O11S. The lowest BCUT2D eigenvalue weighted by Gasteiger charge is -2.31. The van der Waals surface area contributed by atoms with Gasteiger partial charge in [-0.2, -0.15) is 12.6 Å². The van der Waals surface area contributed by atoms with E-state index in [1.165, 1.54) is 0 Å². The number of hydrogen-bond acceptors (Lipinski definition) is 9. The largest absolute Gasteiger partial charge is 0.481 e. The summed E-state index contributed by atoms with van der Waals surface area (Å²) in [5.41, 5.74) is 0. The third-order valence-electron chi connectivity index (χ3n) is 8.72. The van der Waals surface area contributed by atoms with E-state index < -0.39 is 103 Å². The number of amides is 5. The van der Waals surface area contributed by atoms with Crippen LogP contribution in [0, 0.1) is 17.8 Å². The molecule has 5 amide bonds. The van der Waals surface area contributed by atoms with Gasteiger partial charge in [0.2, 0.25) is 29.5 Å². The van der Waals surface area contributed by atoms with E-state index >= 15 is 0 Å². The highest BCUT2D eigenvalue weighted by Crippen LogP contribution is 2.27. The van der Waals surface area contributed by atoms with E-state index in [2.05, 4.69) is 39.2 Å². The van der Waals surface area contributed by atoms with Gasteiger partial charge in [0, 0.05) is 18.6 Å². The number of carbonyl (C=O) groups excluding carboxylic acids is 5. The number of thiol groups is 1. The molecule has 1 aliphatic carbocycles. The van der Waals surface area contributed by atoms with E-state index in [0.717, 1.165) is 32.1 Å². The van der Waals surface area contributed by atoms with E-state index in [1.54, 1.807) is 27.7 Å². The summed E-state index contributed by atoms with van der Waals surface area (Å²) in [5, 5.41) is 40.3. The maximum atomic E-state index is 13.8. The van der Waals surface area contributed by atoms with Crippen molar-refractivity contribution in [2.45, 2.75) is 135 Å². The van der Waals surface area contributed by atoms with Crippen LogP contribution >= 0.6 is 12.6 Å². The Morgan fingerprint density at radius 2 is 1.20 bits per heavy atom. The molecule has 0 aromatic rings. The fraction of sp³-hybridized carbons (Fsp3) is 0.758. The summed E-state index contributed by atoms with van der Waals surface area (Å²) in [6, 6.07) is -6.10. The molecule has 16 nitrogen and oxygen atoms in total. The SMILES string of the molecule is CC[C@H](C)[C@H](NC(=O)[C@H](CC(C)C)NC(=O)[C@@H](CCC(=O)O)NC(=O)CCC(=O)O)C(=O)N[C@@H](CC1CCCCC1)C(=O)N[C@@H](CS)C(=O)O. The van der Waals surface area contributed by atoms with Crippen molar-refractivity contribution in [3.05, 3.63) is 0 Å². The second kappa shape index (κ2) is 22.8. The molecule has 0 saturated heterocycles. The Kier molecular flexibility index (Phi) is 20.1. The van der Waals surface area contributed by atoms with E-state index in [4.69, 9.17) is 10.2 Å². The first-order valence-electron chi connectivity index (χ1n) is 17.3. The van der Waals surface area contributed by atoms with Gasteiger partial charge in [0.05, 0.1) is 6.42 Å². The first-order valence-corrected chi connectivity index (χ1v) is 17.9. The van der Waals surface area contributed by atoms with E-state index in [9.17, 15) is 43.5 Å². The minimum absolute atomic E-state index is 0.109. The molecular weight excluding hydrogens is 674 g/mol. The fourth-order valence-electron chi connectivity index (χ4n) is 5.66. The molecule has 0 aromatic heterocycles. The number of carbonyl (C=O) groups is 8. The summed E-state index contributed by atoms with van der Waals surface area (Å²) in [6.45, 7) is 7.13. The molecule has 6 atom stereocenters. The number of hydrogen-bond donors (Lipinski definition) is 9. The van der Waals surface area contributed by atoms with Crippen LogP contribution in [-0.2, 0) is 38.4 Å². The molecule has 0 aliphatic heterocycles. The van der Waals surface area contributed by atoms with Crippen molar-refractivity contribution in [2.24, 2.45) is 17.8 Å². The van der Waals surface area contributed by atoms with Crippen molar-refractivity contribution < 1.29 is 53.7 Å². The normalized spacial score (nSPS) is 16.8. The Morgan fingerprint density at radius 1 is 0.660 bits per heavy atom. The van der Waals surface area contributed by atoms with Crippen LogP contribution in [0.4, 0.5) is 0 Å². The Morgan fingerprint density at radius 3 is 1.72 bits per heavy atom. The van der Waals surface area contributed by atoms with Crippen molar-refractivity contribution in [1.29, 1.82) is 0 Å². The highest BCUT2D eigenvalue weighted by atomic mass is 32.1. The minimum Gasteiger partial charge on any atom is -0.481 e. The number of carboxylic acid groups (broad SMARTS) is 3. The molecule has 1 saturated carbocycles. The molecule has 0 spiro atoms. The molecule has 284 valence electrons. The predicted molar refractivity (Wildman–Crippen MR) is 185 cm³/mol.